The molecule has 0 aliphatic carbocycles. The van der Waals surface area contributed by atoms with Crippen molar-refractivity contribution < 1.29 is 9.53 Å². The predicted molar refractivity (Wildman–Crippen MR) is 66.1 cm³/mol. The number of rotatable bonds is 4. The first-order chi connectivity index (χ1) is 8.28. The molecule has 1 aliphatic heterocycles. The van der Waals surface area contributed by atoms with Crippen molar-refractivity contribution in [1.29, 1.82) is 0 Å². The molecule has 1 N–H and O–H groups in total. The molecule has 1 fully saturated rings. The zero-order valence-electron chi connectivity index (χ0n) is 10.1. The van der Waals surface area contributed by atoms with Crippen LogP contribution in [0.2, 0.25) is 0 Å². The molecule has 0 aromatic heterocycles. The first-order valence-corrected chi connectivity index (χ1v) is 5.90. The van der Waals surface area contributed by atoms with Crippen LogP contribution in [0.15, 0.2) is 24.3 Å². The van der Waals surface area contributed by atoms with E-state index in [0.717, 1.165) is 31.8 Å². The molecule has 0 spiro atoms. The summed E-state index contributed by atoms with van der Waals surface area (Å²) in [5.41, 5.74) is 1.27. The summed E-state index contributed by atoms with van der Waals surface area (Å²) < 4.78 is 5.11. The number of hydrogen-bond donors (Lipinski definition) is 1. The van der Waals surface area contributed by atoms with E-state index in [9.17, 15) is 4.79 Å². The summed E-state index contributed by atoms with van der Waals surface area (Å²) in [5, 5.41) is 2.83. The Morgan fingerprint density at radius 3 is 2.76 bits per heavy atom. The maximum Gasteiger partial charge on any atom is 0.234 e. The average Bonchev–Trinajstić information content (AvgIpc) is 2.37. The van der Waals surface area contributed by atoms with Crippen molar-refractivity contribution in [3.63, 3.8) is 0 Å². The number of nitrogens with zero attached hydrogens (tertiary/aromatic N) is 1. The minimum absolute atomic E-state index is 0.131. The maximum atomic E-state index is 11.2. The van der Waals surface area contributed by atoms with E-state index in [2.05, 4.69) is 22.3 Å². The SMILES string of the molecule is COc1ccc(CCN2CCNC(=O)C2)cc1. The fourth-order valence-corrected chi connectivity index (χ4v) is 1.96. The third kappa shape index (κ3) is 3.46. The predicted octanol–water partition coefficient (Wildman–Crippen LogP) is 0.669. The Morgan fingerprint density at radius 2 is 2.12 bits per heavy atom. The van der Waals surface area contributed by atoms with Crippen LogP contribution in [-0.4, -0.2) is 44.1 Å². The Labute approximate surface area is 102 Å². The van der Waals surface area contributed by atoms with Crippen LogP contribution in [0, 0.1) is 0 Å². The third-order valence-corrected chi connectivity index (χ3v) is 2.99. The summed E-state index contributed by atoms with van der Waals surface area (Å²) in [4.78, 5) is 13.4. The lowest BCUT2D eigenvalue weighted by atomic mass is 10.1. The monoisotopic (exact) mass is 234 g/mol. The zero-order valence-corrected chi connectivity index (χ0v) is 10.1. The van der Waals surface area contributed by atoms with Gasteiger partial charge < -0.3 is 10.1 Å². The number of methoxy groups -OCH3 is 1. The minimum atomic E-state index is 0.131. The molecule has 92 valence electrons. The van der Waals surface area contributed by atoms with Crippen LogP contribution in [0.5, 0.6) is 5.75 Å². The molecule has 1 amide bonds. The lowest BCUT2D eigenvalue weighted by molar-refractivity contribution is -0.124. The van der Waals surface area contributed by atoms with Gasteiger partial charge in [0.1, 0.15) is 5.75 Å². The van der Waals surface area contributed by atoms with Gasteiger partial charge in [0.05, 0.1) is 13.7 Å². The van der Waals surface area contributed by atoms with Crippen molar-refractivity contribution in [3.8, 4) is 5.75 Å². The number of carbonyl (C=O) groups excluding carboxylic acids is 1. The standard InChI is InChI=1S/C13H18N2O2/c1-17-12-4-2-11(3-5-12)6-8-15-9-7-14-13(16)10-15/h2-5H,6-10H2,1H3,(H,14,16). The molecule has 0 bridgehead atoms. The van der Waals surface area contributed by atoms with Crippen molar-refractivity contribution >= 4 is 5.91 Å². The Hall–Kier alpha value is -1.55. The number of nitrogens with one attached hydrogen (secondary N) is 1. The van der Waals surface area contributed by atoms with Gasteiger partial charge in [-0.05, 0) is 24.1 Å². The highest BCUT2D eigenvalue weighted by atomic mass is 16.5. The van der Waals surface area contributed by atoms with Crippen LogP contribution in [-0.2, 0) is 11.2 Å². The fourth-order valence-electron chi connectivity index (χ4n) is 1.96. The number of ether oxygens (including phenoxy) is 1. The Bertz CT molecular complexity index is 376. The third-order valence-electron chi connectivity index (χ3n) is 2.99. The molecule has 17 heavy (non-hydrogen) atoms. The number of carbonyl (C=O) groups is 1. The van der Waals surface area contributed by atoms with Crippen LogP contribution in [0.4, 0.5) is 0 Å². The van der Waals surface area contributed by atoms with Crippen molar-refractivity contribution in [3.05, 3.63) is 29.8 Å². The second-order valence-corrected chi connectivity index (χ2v) is 4.22. The fraction of sp³-hybridized carbons (Fsp3) is 0.462. The summed E-state index contributed by atoms with van der Waals surface area (Å²) >= 11 is 0. The molecule has 0 atom stereocenters. The summed E-state index contributed by atoms with van der Waals surface area (Å²) in [6, 6.07) is 8.09. The summed E-state index contributed by atoms with van der Waals surface area (Å²) in [7, 11) is 1.67. The molecule has 0 radical (unpaired) electrons. The normalized spacial score (nSPS) is 16.6. The highest BCUT2D eigenvalue weighted by Crippen LogP contribution is 2.12. The first kappa shape index (κ1) is 11.9. The molecule has 1 heterocycles. The van der Waals surface area contributed by atoms with Crippen LogP contribution in [0.3, 0.4) is 0 Å². The van der Waals surface area contributed by atoms with Gasteiger partial charge in [-0.2, -0.15) is 0 Å². The van der Waals surface area contributed by atoms with Crippen LogP contribution >= 0.6 is 0 Å². The Kier molecular flexibility index (Phi) is 3.98. The van der Waals surface area contributed by atoms with Crippen LogP contribution < -0.4 is 10.1 Å². The van der Waals surface area contributed by atoms with Crippen molar-refractivity contribution in [2.75, 3.05) is 33.3 Å². The van der Waals surface area contributed by atoms with Crippen LogP contribution in [0.25, 0.3) is 0 Å². The summed E-state index contributed by atoms with van der Waals surface area (Å²) in [6.07, 6.45) is 0.970. The Morgan fingerprint density at radius 1 is 1.35 bits per heavy atom. The lowest BCUT2D eigenvalue weighted by Gasteiger charge is -2.26. The second kappa shape index (κ2) is 5.68. The second-order valence-electron chi connectivity index (χ2n) is 4.22. The van der Waals surface area contributed by atoms with E-state index in [1.165, 1.54) is 5.56 Å². The maximum absolute atomic E-state index is 11.2. The van der Waals surface area contributed by atoms with Gasteiger partial charge in [0.15, 0.2) is 0 Å². The van der Waals surface area contributed by atoms with Gasteiger partial charge in [-0.15, -0.1) is 0 Å². The smallest absolute Gasteiger partial charge is 0.234 e. The molecule has 0 saturated carbocycles. The van der Waals surface area contributed by atoms with Gasteiger partial charge in [0.2, 0.25) is 5.91 Å². The molecule has 1 aliphatic rings. The molecular weight excluding hydrogens is 216 g/mol. The van der Waals surface area contributed by atoms with Crippen LogP contribution in [0.1, 0.15) is 5.56 Å². The van der Waals surface area contributed by atoms with E-state index >= 15 is 0 Å². The number of hydrogen-bond acceptors (Lipinski definition) is 3. The van der Waals surface area contributed by atoms with Gasteiger partial charge in [0, 0.05) is 19.6 Å². The van der Waals surface area contributed by atoms with E-state index in [1.54, 1.807) is 7.11 Å². The molecule has 1 aromatic rings. The molecule has 2 rings (SSSR count). The van der Waals surface area contributed by atoms with E-state index < -0.39 is 0 Å². The average molecular weight is 234 g/mol. The number of benzene rings is 1. The highest BCUT2D eigenvalue weighted by molar-refractivity contribution is 5.78. The molecular formula is C13H18N2O2. The van der Waals surface area contributed by atoms with E-state index in [1.807, 2.05) is 12.1 Å². The van der Waals surface area contributed by atoms with Gasteiger partial charge in [0.25, 0.3) is 0 Å². The van der Waals surface area contributed by atoms with E-state index in [0.29, 0.717) is 6.54 Å². The van der Waals surface area contributed by atoms with Gasteiger partial charge in [-0.3, -0.25) is 9.69 Å². The molecule has 1 saturated heterocycles. The Balaban J connectivity index is 1.82. The van der Waals surface area contributed by atoms with E-state index in [4.69, 9.17) is 4.74 Å². The largest absolute Gasteiger partial charge is 0.497 e. The van der Waals surface area contributed by atoms with Gasteiger partial charge in [-0.1, -0.05) is 12.1 Å². The summed E-state index contributed by atoms with van der Waals surface area (Å²) in [6.45, 7) is 3.17. The van der Waals surface area contributed by atoms with Gasteiger partial charge >= 0.3 is 0 Å². The molecule has 1 aromatic carbocycles. The van der Waals surface area contributed by atoms with Crippen molar-refractivity contribution in [2.45, 2.75) is 6.42 Å². The van der Waals surface area contributed by atoms with E-state index in [-0.39, 0.29) is 5.91 Å². The zero-order chi connectivity index (χ0) is 12.1. The number of piperazine rings is 1. The van der Waals surface area contributed by atoms with Gasteiger partial charge in [-0.25, -0.2) is 0 Å². The molecule has 4 heteroatoms. The lowest BCUT2D eigenvalue weighted by Crippen LogP contribution is -2.48. The quantitative estimate of drug-likeness (QED) is 0.832. The molecule has 0 unspecified atom stereocenters. The first-order valence-electron chi connectivity index (χ1n) is 5.90. The topological polar surface area (TPSA) is 41.6 Å². The minimum Gasteiger partial charge on any atom is -0.497 e. The van der Waals surface area contributed by atoms with Crippen molar-refractivity contribution in [2.24, 2.45) is 0 Å². The number of amides is 1. The summed E-state index contributed by atoms with van der Waals surface area (Å²) in [5.74, 6) is 1.01. The van der Waals surface area contributed by atoms with Crippen molar-refractivity contribution in [1.82, 2.24) is 10.2 Å². The molecule has 4 nitrogen and oxygen atoms in total. The highest BCUT2D eigenvalue weighted by Gasteiger charge is 2.15.